The van der Waals surface area contributed by atoms with Crippen molar-refractivity contribution in [1.29, 1.82) is 0 Å². The van der Waals surface area contributed by atoms with Gasteiger partial charge in [0.1, 0.15) is 5.82 Å². The van der Waals surface area contributed by atoms with E-state index in [4.69, 9.17) is 4.74 Å². The molecule has 0 radical (unpaired) electrons. The molecule has 1 atom stereocenters. The van der Waals surface area contributed by atoms with Crippen LogP contribution in [0.15, 0.2) is 18.2 Å². The number of alkyl halides is 2. The number of carbonyl (C=O) groups excluding carboxylic acids is 2. The molecule has 1 aliphatic carbocycles. The van der Waals surface area contributed by atoms with Crippen molar-refractivity contribution in [2.75, 3.05) is 25.0 Å². The number of hydrogen-bond donors (Lipinski definition) is 1. The second-order valence-electron chi connectivity index (χ2n) is 8.67. The number of aromatic nitrogens is 2. The number of nitrogens with one attached hydrogen (secondary N) is 1. The minimum Gasteiger partial charge on any atom is -0.489 e. The lowest BCUT2D eigenvalue weighted by Crippen LogP contribution is -2.34. The van der Waals surface area contributed by atoms with E-state index >= 15 is 0 Å². The highest BCUT2D eigenvalue weighted by Gasteiger charge is 2.33. The number of anilines is 1. The third kappa shape index (κ3) is 6.16. The van der Waals surface area contributed by atoms with Crippen LogP contribution in [0.5, 0.6) is 11.5 Å². The highest BCUT2D eigenvalue weighted by molar-refractivity contribution is 7.09. The van der Waals surface area contributed by atoms with Crippen molar-refractivity contribution in [3.8, 4) is 11.5 Å². The highest BCUT2D eigenvalue weighted by atomic mass is 32.1. The van der Waals surface area contributed by atoms with Gasteiger partial charge < -0.3 is 14.4 Å². The fourth-order valence-electron chi connectivity index (χ4n) is 3.58. The normalized spacial score (nSPS) is 18.3. The number of nitrogens with zero attached hydrogens (tertiary/aromatic N) is 3. The van der Waals surface area contributed by atoms with Gasteiger partial charge in [-0.05, 0) is 36.5 Å². The van der Waals surface area contributed by atoms with Crippen LogP contribution in [0, 0.1) is 5.92 Å². The first-order chi connectivity index (χ1) is 15.8. The van der Waals surface area contributed by atoms with E-state index in [2.05, 4.69) is 19.4 Å². The second kappa shape index (κ2) is 9.98. The Balaban J connectivity index is 1.38. The molecule has 2 heterocycles. The summed E-state index contributed by atoms with van der Waals surface area (Å²) in [4.78, 5) is 30.7. The summed E-state index contributed by atoms with van der Waals surface area (Å²) < 4.78 is 40.0. The van der Waals surface area contributed by atoms with Crippen LogP contribution in [0.1, 0.15) is 56.3 Å². The van der Waals surface area contributed by atoms with Gasteiger partial charge in [0.15, 0.2) is 11.5 Å². The first kappa shape index (κ1) is 23.3. The maximum atomic E-state index is 12.8. The van der Waals surface area contributed by atoms with Crippen molar-refractivity contribution in [2.24, 2.45) is 5.92 Å². The van der Waals surface area contributed by atoms with Crippen LogP contribution < -0.4 is 14.8 Å². The monoisotopic (exact) mass is 480 g/mol. The van der Waals surface area contributed by atoms with Gasteiger partial charge in [-0.25, -0.2) is 4.98 Å². The van der Waals surface area contributed by atoms with Gasteiger partial charge in [-0.15, -0.1) is 0 Å². The van der Waals surface area contributed by atoms with Gasteiger partial charge in [0, 0.05) is 36.3 Å². The molecule has 1 N–H and O–H groups in total. The number of ether oxygens (including phenoxy) is 2. The number of likely N-dealkylation sites (tertiary alicyclic amines) is 1. The largest absolute Gasteiger partial charge is 0.489 e. The molecule has 2 amide bonds. The molecular weight excluding hydrogens is 454 g/mol. The average molecular weight is 481 g/mol. The van der Waals surface area contributed by atoms with Gasteiger partial charge in [0.05, 0.1) is 13.2 Å². The van der Waals surface area contributed by atoms with Crippen LogP contribution in [0.4, 0.5) is 13.9 Å². The lowest BCUT2D eigenvalue weighted by atomic mass is 9.98. The summed E-state index contributed by atoms with van der Waals surface area (Å²) >= 11 is 1.10. The summed E-state index contributed by atoms with van der Waals surface area (Å²) in [6, 6.07) is 4.78. The maximum absolute atomic E-state index is 12.8. The Labute approximate surface area is 194 Å². The maximum Gasteiger partial charge on any atom is 0.387 e. The zero-order valence-electron chi connectivity index (χ0n) is 18.4. The number of halogens is 2. The standard InChI is InChI=1S/C22H26F2N4O4S/c1-12(2)20-26-22(33-27-20)25-18(29)10-28-9-15(8-19(28)30)14-5-6-16(32-21(23)24)17(7-14)31-11-13-3-4-13/h5-7,12-13,15,21H,3-4,8-11H2,1-2H3,(H,25,26,27,29)/t15-/m1/s1. The molecule has 2 aliphatic rings. The summed E-state index contributed by atoms with van der Waals surface area (Å²) in [6.07, 6.45) is 2.35. The molecule has 33 heavy (non-hydrogen) atoms. The van der Waals surface area contributed by atoms with Crippen molar-refractivity contribution >= 4 is 28.5 Å². The average Bonchev–Trinajstić information content (AvgIpc) is 3.35. The van der Waals surface area contributed by atoms with Gasteiger partial charge >= 0.3 is 6.61 Å². The number of carbonyl (C=O) groups is 2. The Morgan fingerprint density at radius 3 is 2.76 bits per heavy atom. The smallest absolute Gasteiger partial charge is 0.387 e. The quantitative estimate of drug-likeness (QED) is 0.552. The molecule has 0 unspecified atom stereocenters. The van der Waals surface area contributed by atoms with Crippen LogP contribution in [0.2, 0.25) is 0 Å². The van der Waals surface area contributed by atoms with Crippen molar-refractivity contribution in [2.45, 2.75) is 51.6 Å². The third-order valence-electron chi connectivity index (χ3n) is 5.58. The van der Waals surface area contributed by atoms with Crippen LogP contribution in [-0.2, 0) is 9.59 Å². The predicted octanol–water partition coefficient (Wildman–Crippen LogP) is 4.01. The lowest BCUT2D eigenvalue weighted by molar-refractivity contribution is -0.131. The minimum atomic E-state index is -2.95. The molecule has 178 valence electrons. The Morgan fingerprint density at radius 1 is 1.30 bits per heavy atom. The summed E-state index contributed by atoms with van der Waals surface area (Å²) in [7, 11) is 0. The van der Waals surface area contributed by atoms with E-state index in [1.807, 2.05) is 13.8 Å². The van der Waals surface area contributed by atoms with E-state index in [0.29, 0.717) is 30.0 Å². The molecule has 0 spiro atoms. The van der Waals surface area contributed by atoms with E-state index < -0.39 is 6.61 Å². The minimum absolute atomic E-state index is 0.0206. The summed E-state index contributed by atoms with van der Waals surface area (Å²) in [5, 5.41) is 3.09. The molecule has 1 aromatic carbocycles. The van der Waals surface area contributed by atoms with Crippen LogP contribution in [0.3, 0.4) is 0 Å². The van der Waals surface area contributed by atoms with Crippen LogP contribution in [0.25, 0.3) is 0 Å². The van der Waals surface area contributed by atoms with Crippen molar-refractivity contribution in [3.05, 3.63) is 29.6 Å². The number of rotatable bonds is 10. The molecule has 1 saturated heterocycles. The number of amides is 2. The first-order valence-electron chi connectivity index (χ1n) is 10.9. The van der Waals surface area contributed by atoms with Crippen LogP contribution >= 0.6 is 11.5 Å². The Hall–Kier alpha value is -2.82. The van der Waals surface area contributed by atoms with Gasteiger partial charge in [-0.1, -0.05) is 19.9 Å². The molecular formula is C22H26F2N4O4S. The van der Waals surface area contributed by atoms with E-state index in [9.17, 15) is 18.4 Å². The highest BCUT2D eigenvalue weighted by Crippen LogP contribution is 2.37. The Morgan fingerprint density at radius 2 is 2.09 bits per heavy atom. The number of hydrogen-bond acceptors (Lipinski definition) is 7. The Kier molecular flexibility index (Phi) is 7.06. The molecule has 1 saturated carbocycles. The van der Waals surface area contributed by atoms with Crippen molar-refractivity contribution < 1.29 is 27.8 Å². The van der Waals surface area contributed by atoms with Crippen molar-refractivity contribution in [1.82, 2.24) is 14.3 Å². The molecule has 0 bridgehead atoms. The third-order valence-corrected chi connectivity index (χ3v) is 6.22. The lowest BCUT2D eigenvalue weighted by Gasteiger charge is -2.17. The molecule has 8 nitrogen and oxygen atoms in total. The fourth-order valence-corrected chi connectivity index (χ4v) is 4.30. The SMILES string of the molecule is CC(C)c1nsc(NC(=O)CN2C[C@H](c3ccc(OC(F)F)c(OCC4CC4)c3)CC2=O)n1. The molecule has 2 fully saturated rings. The van der Waals surface area contributed by atoms with E-state index in [1.54, 1.807) is 12.1 Å². The van der Waals surface area contributed by atoms with Crippen LogP contribution in [-0.4, -0.2) is 52.4 Å². The van der Waals surface area contributed by atoms with Gasteiger partial charge in [-0.3, -0.25) is 14.9 Å². The van der Waals surface area contributed by atoms with Gasteiger partial charge in [-0.2, -0.15) is 13.2 Å². The van der Waals surface area contributed by atoms with E-state index in [-0.39, 0.29) is 48.1 Å². The number of benzene rings is 1. The molecule has 1 aromatic heterocycles. The zero-order chi connectivity index (χ0) is 23.5. The predicted molar refractivity (Wildman–Crippen MR) is 118 cm³/mol. The van der Waals surface area contributed by atoms with Crippen molar-refractivity contribution in [3.63, 3.8) is 0 Å². The fraction of sp³-hybridized carbons (Fsp3) is 0.545. The van der Waals surface area contributed by atoms with E-state index in [0.717, 1.165) is 29.9 Å². The van der Waals surface area contributed by atoms with E-state index in [1.165, 1.54) is 11.0 Å². The summed E-state index contributed by atoms with van der Waals surface area (Å²) in [5.41, 5.74) is 0.782. The first-order valence-corrected chi connectivity index (χ1v) is 11.7. The molecule has 11 heteroatoms. The summed E-state index contributed by atoms with van der Waals surface area (Å²) in [6.45, 7) is 1.67. The van der Waals surface area contributed by atoms with Gasteiger partial charge in [0.25, 0.3) is 0 Å². The van der Waals surface area contributed by atoms with Gasteiger partial charge in [0.2, 0.25) is 16.9 Å². The topological polar surface area (TPSA) is 93.7 Å². The summed E-state index contributed by atoms with van der Waals surface area (Å²) in [5.74, 6) is 0.819. The molecule has 1 aliphatic heterocycles. The zero-order valence-corrected chi connectivity index (χ0v) is 19.2. The Bertz CT molecular complexity index is 1010. The molecule has 4 rings (SSSR count). The second-order valence-corrected chi connectivity index (χ2v) is 9.43. The molecule has 2 aromatic rings.